The van der Waals surface area contributed by atoms with Crippen molar-refractivity contribution < 1.29 is 36.9 Å². The highest BCUT2D eigenvalue weighted by molar-refractivity contribution is 6.07. The molecule has 1 aliphatic heterocycles. The van der Waals surface area contributed by atoms with Crippen molar-refractivity contribution in [3.8, 4) is 29.1 Å². The van der Waals surface area contributed by atoms with Gasteiger partial charge in [0.05, 0.1) is 33.5 Å². The lowest BCUT2D eigenvalue weighted by atomic mass is 9.78. The monoisotopic (exact) mass is 516 g/mol. The number of nitriles is 1. The largest absolute Gasteiger partial charge is 0.494 e. The molecule has 4 rings (SSSR count). The molecule has 7 nitrogen and oxygen atoms in total. The predicted octanol–water partition coefficient (Wildman–Crippen LogP) is 5.07. The number of carbonyl (C=O) groups is 1. The van der Waals surface area contributed by atoms with Crippen LogP contribution in [0.1, 0.15) is 42.4 Å². The number of halogens is 3. The first-order valence-electron chi connectivity index (χ1n) is 11.7. The molecule has 0 radical (unpaired) electrons. The van der Waals surface area contributed by atoms with E-state index in [0.717, 1.165) is 11.1 Å². The zero-order valence-electron chi connectivity index (χ0n) is 20.8. The van der Waals surface area contributed by atoms with Crippen LogP contribution >= 0.6 is 0 Å². The summed E-state index contributed by atoms with van der Waals surface area (Å²) in [4.78, 5) is 13.1. The Balaban J connectivity index is 1.65. The number of hydrogen-bond acceptors (Lipinski definition) is 6. The van der Waals surface area contributed by atoms with Crippen molar-refractivity contribution in [2.24, 2.45) is 0 Å². The number of fused-ring (bicyclic) bond motifs is 2. The van der Waals surface area contributed by atoms with Crippen LogP contribution in [0.3, 0.4) is 0 Å². The molecule has 0 fully saturated rings. The third-order valence-electron chi connectivity index (χ3n) is 6.77. The number of alkyl halides is 3. The van der Waals surface area contributed by atoms with E-state index in [9.17, 15) is 23.2 Å². The summed E-state index contributed by atoms with van der Waals surface area (Å²) in [6.07, 6.45) is -3.64. The van der Waals surface area contributed by atoms with Gasteiger partial charge in [-0.05, 0) is 65.8 Å². The minimum atomic E-state index is -4.21. The van der Waals surface area contributed by atoms with Crippen molar-refractivity contribution in [2.75, 3.05) is 27.9 Å². The number of hydrogen-bond donors (Lipinski definition) is 1. The number of ether oxygens (including phenoxy) is 4. The summed E-state index contributed by atoms with van der Waals surface area (Å²) in [5.41, 5.74) is 2.28. The molecule has 1 N–H and O–H groups in total. The van der Waals surface area contributed by atoms with Crippen molar-refractivity contribution >= 4 is 11.5 Å². The topological polar surface area (TPSA) is 89.8 Å². The van der Waals surface area contributed by atoms with Gasteiger partial charge in [0, 0.05) is 12.8 Å². The zero-order chi connectivity index (χ0) is 26.8. The van der Waals surface area contributed by atoms with Gasteiger partial charge in [-0.1, -0.05) is 6.07 Å². The van der Waals surface area contributed by atoms with E-state index in [0.29, 0.717) is 53.4 Å². The molecule has 1 amide bonds. The number of nitrogens with one attached hydrogen (secondary N) is 1. The van der Waals surface area contributed by atoms with Gasteiger partial charge in [0.15, 0.2) is 11.5 Å². The molecule has 196 valence electrons. The molecule has 2 aromatic rings. The Morgan fingerprint density at radius 1 is 1.08 bits per heavy atom. The Morgan fingerprint density at radius 2 is 1.78 bits per heavy atom. The van der Waals surface area contributed by atoms with E-state index in [4.69, 9.17) is 18.9 Å². The molecule has 1 atom stereocenters. The first-order valence-corrected chi connectivity index (χ1v) is 11.7. The van der Waals surface area contributed by atoms with Crippen LogP contribution in [0, 0.1) is 11.3 Å². The lowest BCUT2D eigenvalue weighted by Gasteiger charge is -2.37. The summed E-state index contributed by atoms with van der Waals surface area (Å²) >= 11 is 0. The van der Waals surface area contributed by atoms with E-state index >= 15 is 0 Å². The highest BCUT2D eigenvalue weighted by atomic mass is 19.4. The number of amides is 1. The van der Waals surface area contributed by atoms with Crippen molar-refractivity contribution in [3.05, 3.63) is 52.6 Å². The summed E-state index contributed by atoms with van der Waals surface area (Å²) in [5.74, 6) is 1.22. The van der Waals surface area contributed by atoms with Crippen LogP contribution in [0.4, 0.5) is 13.2 Å². The molecule has 0 bridgehead atoms. The fourth-order valence-electron chi connectivity index (χ4n) is 5.06. The van der Waals surface area contributed by atoms with Crippen molar-refractivity contribution in [1.82, 2.24) is 5.32 Å². The molecule has 1 heterocycles. The first kappa shape index (κ1) is 26.2. The number of aryl methyl sites for hydroxylation is 1. The average molecular weight is 517 g/mol. The van der Waals surface area contributed by atoms with Crippen molar-refractivity contribution in [1.29, 1.82) is 5.26 Å². The summed E-state index contributed by atoms with van der Waals surface area (Å²) in [7, 11) is 4.48. The van der Waals surface area contributed by atoms with Gasteiger partial charge in [0.25, 0.3) is 5.91 Å². The quantitative estimate of drug-likeness (QED) is 0.493. The standard InChI is InChI=1S/C27H27F3N2O5/c1-34-22-12-17(13-23(35-2)24(22)36-3)19-14-26(32-25(33)20(19)15-31)9-7-16-11-18(5-6-21(16)26)37-10-4-8-27(28,29)30/h5-6,11-13H,4,7-10,14H2,1-3H3,(H,32,33)/t26-/m0/s1. The van der Waals surface area contributed by atoms with E-state index in [-0.39, 0.29) is 18.6 Å². The highest BCUT2D eigenvalue weighted by Crippen LogP contribution is 2.49. The minimum absolute atomic E-state index is 0.0120. The lowest BCUT2D eigenvalue weighted by molar-refractivity contribution is -0.136. The van der Waals surface area contributed by atoms with Gasteiger partial charge < -0.3 is 24.3 Å². The third-order valence-corrected chi connectivity index (χ3v) is 6.77. The molecular weight excluding hydrogens is 489 g/mol. The van der Waals surface area contributed by atoms with Gasteiger partial charge >= 0.3 is 6.18 Å². The average Bonchev–Trinajstić information content (AvgIpc) is 3.21. The smallest absolute Gasteiger partial charge is 0.389 e. The van der Waals surface area contributed by atoms with E-state index in [2.05, 4.69) is 5.32 Å². The number of carbonyl (C=O) groups excluding carboxylic acids is 1. The van der Waals surface area contributed by atoms with Crippen LogP contribution in [0.15, 0.2) is 35.9 Å². The summed E-state index contributed by atoms with van der Waals surface area (Å²) in [5, 5.41) is 12.9. The number of rotatable bonds is 8. The Hall–Kier alpha value is -3.87. The van der Waals surface area contributed by atoms with Gasteiger partial charge in [0.1, 0.15) is 17.4 Å². The van der Waals surface area contributed by atoms with Gasteiger partial charge in [0.2, 0.25) is 5.75 Å². The fraction of sp³-hybridized carbons (Fsp3) is 0.407. The first-order chi connectivity index (χ1) is 17.6. The van der Waals surface area contributed by atoms with Crippen molar-refractivity contribution in [3.63, 3.8) is 0 Å². The molecule has 37 heavy (non-hydrogen) atoms. The van der Waals surface area contributed by atoms with Gasteiger partial charge in [-0.15, -0.1) is 0 Å². The second-order valence-corrected chi connectivity index (χ2v) is 8.98. The van der Waals surface area contributed by atoms with Crippen LogP contribution in [-0.2, 0) is 16.8 Å². The maximum Gasteiger partial charge on any atom is 0.389 e. The lowest BCUT2D eigenvalue weighted by Crippen LogP contribution is -2.48. The molecule has 0 unspecified atom stereocenters. The van der Waals surface area contributed by atoms with E-state index in [1.54, 1.807) is 18.2 Å². The Bertz CT molecular complexity index is 1260. The van der Waals surface area contributed by atoms with Crippen LogP contribution in [0.2, 0.25) is 0 Å². The zero-order valence-corrected chi connectivity index (χ0v) is 20.8. The van der Waals surface area contributed by atoms with Crippen molar-refractivity contribution in [2.45, 2.75) is 43.8 Å². The Labute approximate surface area is 212 Å². The third kappa shape index (κ3) is 5.17. The van der Waals surface area contributed by atoms with Gasteiger partial charge in [-0.25, -0.2) is 0 Å². The predicted molar refractivity (Wildman–Crippen MR) is 129 cm³/mol. The minimum Gasteiger partial charge on any atom is -0.494 e. The Kier molecular flexibility index (Phi) is 7.25. The molecule has 1 spiro atoms. The van der Waals surface area contributed by atoms with Crippen LogP contribution in [0.25, 0.3) is 5.57 Å². The molecule has 2 aromatic carbocycles. The maximum atomic E-state index is 13.1. The van der Waals surface area contributed by atoms with Gasteiger partial charge in [-0.3, -0.25) is 4.79 Å². The second-order valence-electron chi connectivity index (χ2n) is 8.98. The SMILES string of the molecule is COc1cc(C2=C(C#N)C(=O)N[C@@]3(CCc4cc(OCCCC(F)(F)F)ccc43)C2)cc(OC)c1OC. The molecule has 0 aromatic heterocycles. The van der Waals surface area contributed by atoms with E-state index in [1.165, 1.54) is 21.3 Å². The molecular formula is C27H27F3N2O5. The molecule has 0 saturated heterocycles. The number of nitrogens with zero attached hydrogens (tertiary/aromatic N) is 1. The van der Waals surface area contributed by atoms with Crippen LogP contribution in [-0.4, -0.2) is 40.0 Å². The molecule has 2 aliphatic rings. The number of methoxy groups -OCH3 is 3. The van der Waals surface area contributed by atoms with Crippen LogP contribution in [0.5, 0.6) is 23.0 Å². The summed E-state index contributed by atoms with van der Waals surface area (Å²) in [6.45, 7) is -0.0419. The highest BCUT2D eigenvalue weighted by Gasteiger charge is 2.45. The second kappa shape index (κ2) is 10.2. The van der Waals surface area contributed by atoms with E-state index in [1.807, 2.05) is 18.2 Å². The number of benzene rings is 2. The fourth-order valence-corrected chi connectivity index (χ4v) is 5.06. The molecule has 1 aliphatic carbocycles. The van der Waals surface area contributed by atoms with Crippen LogP contribution < -0.4 is 24.3 Å². The molecule has 10 heteroatoms. The summed E-state index contributed by atoms with van der Waals surface area (Å²) < 4.78 is 59.0. The van der Waals surface area contributed by atoms with E-state index < -0.39 is 24.0 Å². The van der Waals surface area contributed by atoms with Gasteiger partial charge in [-0.2, -0.15) is 18.4 Å². The normalized spacial score (nSPS) is 18.8. The molecule has 0 saturated carbocycles. The Morgan fingerprint density at radius 3 is 2.38 bits per heavy atom. The maximum absolute atomic E-state index is 13.1. The summed E-state index contributed by atoms with van der Waals surface area (Å²) in [6, 6.07) is 10.8.